The smallest absolute Gasteiger partial charge is 0.145 e. The molecule has 124 valence electrons. The Kier molecular flexibility index (Phi) is 6.60. The van der Waals surface area contributed by atoms with Crippen molar-refractivity contribution in [2.75, 3.05) is 25.2 Å². The van der Waals surface area contributed by atoms with Crippen molar-refractivity contribution in [2.45, 2.75) is 33.1 Å². The number of aryl methyl sites for hydroxylation is 1. The van der Waals surface area contributed by atoms with E-state index in [1.807, 2.05) is 13.0 Å². The number of rotatable bonds is 6. The molecule has 3 nitrogen and oxygen atoms in total. The van der Waals surface area contributed by atoms with Crippen molar-refractivity contribution in [1.29, 1.82) is 0 Å². The summed E-state index contributed by atoms with van der Waals surface area (Å²) in [5, 5.41) is 0. The third-order valence-electron chi connectivity index (χ3n) is 4.26. The molecule has 1 fully saturated rings. The van der Waals surface area contributed by atoms with Gasteiger partial charge >= 0.3 is 0 Å². The van der Waals surface area contributed by atoms with E-state index in [-0.39, 0.29) is 0 Å². The quantitative estimate of drug-likeness (QED) is 0.446. The zero-order valence-electron chi connectivity index (χ0n) is 14.4. The summed E-state index contributed by atoms with van der Waals surface area (Å²) in [7, 11) is 2.05. The monoisotopic (exact) mass is 313 g/mol. The Morgan fingerprint density at radius 2 is 1.91 bits per heavy atom. The Morgan fingerprint density at radius 1 is 1.26 bits per heavy atom. The Balaban J connectivity index is 2.16. The van der Waals surface area contributed by atoms with E-state index >= 15 is 0 Å². The largest absolute Gasteiger partial charge is 0.381 e. The van der Waals surface area contributed by atoms with Crippen LogP contribution < -0.4 is 4.90 Å². The second-order valence-corrected chi connectivity index (χ2v) is 6.42. The van der Waals surface area contributed by atoms with E-state index in [1.165, 1.54) is 11.1 Å². The van der Waals surface area contributed by atoms with Gasteiger partial charge < -0.3 is 9.64 Å². The summed E-state index contributed by atoms with van der Waals surface area (Å²) < 4.78 is 5.44. The molecule has 0 unspecified atom stereocenters. The number of anilines is 1. The molecule has 1 heterocycles. The Morgan fingerprint density at radius 3 is 2.52 bits per heavy atom. The van der Waals surface area contributed by atoms with Gasteiger partial charge in [-0.3, -0.25) is 4.79 Å². The number of aldehydes is 1. The van der Waals surface area contributed by atoms with Crippen LogP contribution in [-0.2, 0) is 9.53 Å². The zero-order valence-corrected chi connectivity index (χ0v) is 14.4. The summed E-state index contributed by atoms with van der Waals surface area (Å²) in [5.41, 5.74) is 4.37. The van der Waals surface area contributed by atoms with Gasteiger partial charge in [-0.15, -0.1) is 0 Å². The number of benzene rings is 1. The molecule has 0 saturated carbocycles. The molecule has 1 aliphatic rings. The molecule has 0 aromatic heterocycles. The summed E-state index contributed by atoms with van der Waals surface area (Å²) in [6, 6.07) is 8.47. The minimum absolute atomic E-state index is 0.636. The highest BCUT2D eigenvalue weighted by molar-refractivity contribution is 5.73. The van der Waals surface area contributed by atoms with Crippen LogP contribution in [-0.4, -0.2) is 26.5 Å². The van der Waals surface area contributed by atoms with E-state index in [0.29, 0.717) is 5.92 Å². The van der Waals surface area contributed by atoms with Gasteiger partial charge in [0, 0.05) is 32.1 Å². The van der Waals surface area contributed by atoms with E-state index < -0.39 is 0 Å². The average molecular weight is 313 g/mol. The maximum absolute atomic E-state index is 11.0. The van der Waals surface area contributed by atoms with Crippen LogP contribution in [0.1, 0.15) is 31.7 Å². The molecule has 0 amide bonds. The molecule has 0 N–H and O–H groups in total. The van der Waals surface area contributed by atoms with Crippen LogP contribution >= 0.6 is 0 Å². The van der Waals surface area contributed by atoms with E-state index in [4.69, 9.17) is 4.74 Å². The first-order chi connectivity index (χ1) is 11.1. The molecular weight excluding hydrogens is 286 g/mol. The van der Waals surface area contributed by atoms with Crippen LogP contribution in [0, 0.1) is 12.8 Å². The fourth-order valence-corrected chi connectivity index (χ4v) is 2.86. The van der Waals surface area contributed by atoms with Crippen molar-refractivity contribution in [3.05, 3.63) is 53.3 Å². The predicted octanol–water partition coefficient (Wildman–Crippen LogP) is 4.28. The lowest BCUT2D eigenvalue weighted by molar-refractivity contribution is -0.104. The second-order valence-electron chi connectivity index (χ2n) is 6.42. The van der Waals surface area contributed by atoms with E-state index in [9.17, 15) is 4.79 Å². The minimum Gasteiger partial charge on any atom is -0.381 e. The van der Waals surface area contributed by atoms with Gasteiger partial charge in [-0.1, -0.05) is 23.8 Å². The Hall–Kier alpha value is -1.87. The fourth-order valence-electron chi connectivity index (χ4n) is 2.86. The molecule has 2 rings (SSSR count). The number of carbonyl (C=O) groups is 1. The van der Waals surface area contributed by atoms with Gasteiger partial charge in [0.2, 0.25) is 0 Å². The van der Waals surface area contributed by atoms with Gasteiger partial charge in [0.15, 0.2) is 0 Å². The van der Waals surface area contributed by atoms with Crippen molar-refractivity contribution < 1.29 is 9.53 Å². The number of allylic oxidation sites excluding steroid dienone is 3. The maximum atomic E-state index is 11.0. The molecule has 3 heteroatoms. The molecule has 1 saturated heterocycles. The first-order valence-corrected chi connectivity index (χ1v) is 8.30. The minimum atomic E-state index is 0.636. The normalized spacial score (nSPS) is 17.2. The lowest BCUT2D eigenvalue weighted by Gasteiger charge is -2.24. The molecular formula is C20H27NO2. The topological polar surface area (TPSA) is 29.5 Å². The number of carbonyl (C=O) groups excluding carboxylic acids is 1. The molecule has 1 aromatic carbocycles. The van der Waals surface area contributed by atoms with Crippen LogP contribution in [0.15, 0.2) is 47.7 Å². The van der Waals surface area contributed by atoms with Gasteiger partial charge in [0.05, 0.1) is 0 Å². The molecule has 1 aliphatic heterocycles. The van der Waals surface area contributed by atoms with Crippen LogP contribution in [0.3, 0.4) is 0 Å². The van der Waals surface area contributed by atoms with E-state index in [0.717, 1.165) is 50.0 Å². The molecule has 0 radical (unpaired) electrons. The molecule has 0 atom stereocenters. The highest BCUT2D eigenvalue weighted by atomic mass is 16.5. The van der Waals surface area contributed by atoms with E-state index in [1.54, 1.807) is 0 Å². The molecule has 1 aromatic rings. The highest BCUT2D eigenvalue weighted by Crippen LogP contribution is 2.25. The molecule has 0 spiro atoms. The van der Waals surface area contributed by atoms with Crippen molar-refractivity contribution in [3.8, 4) is 0 Å². The zero-order chi connectivity index (χ0) is 16.7. The van der Waals surface area contributed by atoms with E-state index in [2.05, 4.69) is 49.3 Å². The predicted molar refractivity (Wildman–Crippen MR) is 95.6 cm³/mol. The summed E-state index contributed by atoms with van der Waals surface area (Å²) in [6.45, 7) is 5.65. The first-order valence-electron chi connectivity index (χ1n) is 8.30. The van der Waals surface area contributed by atoms with Crippen LogP contribution in [0.5, 0.6) is 0 Å². The molecule has 0 bridgehead atoms. The summed E-state index contributed by atoms with van der Waals surface area (Å²) in [5.74, 6) is 0.636. The standard InChI is InChI=1S/C20H27NO2/c1-16-4-6-20(7-5-16)21(3)14-19(12-17(2)15-22)13-18-8-10-23-11-9-18/h4-7,12,14-15,18H,8-11,13H2,1-3H3/b17-12-,19-14+. The van der Waals surface area contributed by atoms with Gasteiger partial charge in [0.1, 0.15) is 6.29 Å². The lowest BCUT2D eigenvalue weighted by atomic mass is 9.92. The van der Waals surface area contributed by atoms with Crippen molar-refractivity contribution in [1.82, 2.24) is 0 Å². The van der Waals surface area contributed by atoms with Crippen LogP contribution in [0.4, 0.5) is 5.69 Å². The fraction of sp³-hybridized carbons (Fsp3) is 0.450. The lowest BCUT2D eigenvalue weighted by Crippen LogP contribution is -2.17. The summed E-state index contributed by atoms with van der Waals surface area (Å²) >= 11 is 0. The van der Waals surface area contributed by atoms with Gasteiger partial charge in [-0.25, -0.2) is 0 Å². The third-order valence-corrected chi connectivity index (χ3v) is 4.26. The number of hydrogen-bond acceptors (Lipinski definition) is 3. The van der Waals surface area contributed by atoms with Crippen LogP contribution in [0.25, 0.3) is 0 Å². The number of ether oxygens (including phenoxy) is 1. The van der Waals surface area contributed by atoms with Crippen molar-refractivity contribution >= 4 is 12.0 Å². The first kappa shape index (κ1) is 17.5. The van der Waals surface area contributed by atoms with Gasteiger partial charge in [-0.05, 0) is 62.3 Å². The molecule has 0 aliphatic carbocycles. The third kappa shape index (κ3) is 5.68. The maximum Gasteiger partial charge on any atom is 0.145 e. The SMILES string of the molecule is C/C(C=O)=C/C(=C\N(C)c1ccc(C)cc1)CC1CCOCC1. The van der Waals surface area contributed by atoms with Gasteiger partial charge in [-0.2, -0.15) is 0 Å². The summed E-state index contributed by atoms with van der Waals surface area (Å²) in [4.78, 5) is 13.1. The van der Waals surface area contributed by atoms with Crippen LogP contribution in [0.2, 0.25) is 0 Å². The van der Waals surface area contributed by atoms with Gasteiger partial charge in [0.25, 0.3) is 0 Å². The number of nitrogens with zero attached hydrogens (tertiary/aromatic N) is 1. The average Bonchev–Trinajstić information content (AvgIpc) is 2.56. The summed E-state index contributed by atoms with van der Waals surface area (Å²) in [6.07, 6.45) is 8.26. The number of hydrogen-bond donors (Lipinski definition) is 0. The Labute approximate surface area is 139 Å². The van der Waals surface area contributed by atoms with Crippen molar-refractivity contribution in [2.24, 2.45) is 5.92 Å². The van der Waals surface area contributed by atoms with Crippen molar-refractivity contribution in [3.63, 3.8) is 0 Å². The highest BCUT2D eigenvalue weighted by Gasteiger charge is 2.15. The molecule has 23 heavy (non-hydrogen) atoms. The Bertz CT molecular complexity index is 566. The second kappa shape index (κ2) is 8.68.